The van der Waals surface area contributed by atoms with Gasteiger partial charge in [0.1, 0.15) is 0 Å². The third kappa shape index (κ3) is 2.11. The van der Waals surface area contributed by atoms with Gasteiger partial charge in [-0.15, -0.1) is 11.3 Å². The maximum absolute atomic E-state index is 3.74. The van der Waals surface area contributed by atoms with Crippen molar-refractivity contribution in [2.24, 2.45) is 5.92 Å². The lowest BCUT2D eigenvalue weighted by Crippen LogP contribution is -2.46. The van der Waals surface area contributed by atoms with Crippen LogP contribution in [0, 0.1) is 12.8 Å². The van der Waals surface area contributed by atoms with Crippen LogP contribution in [0.4, 0.5) is 0 Å². The zero-order valence-electron chi connectivity index (χ0n) is 9.97. The van der Waals surface area contributed by atoms with Crippen LogP contribution in [-0.4, -0.2) is 12.1 Å². The number of rotatable bonds is 3. The monoisotopic (exact) mass is 223 g/mol. The van der Waals surface area contributed by atoms with Crippen molar-refractivity contribution in [1.82, 2.24) is 5.32 Å². The number of hydrogen-bond acceptors (Lipinski definition) is 2. The van der Waals surface area contributed by atoms with Gasteiger partial charge in [0.15, 0.2) is 0 Å². The summed E-state index contributed by atoms with van der Waals surface area (Å²) in [4.78, 5) is 1.57. The van der Waals surface area contributed by atoms with E-state index in [1.54, 1.807) is 4.88 Å². The first-order chi connectivity index (χ1) is 7.14. The Morgan fingerprint density at radius 1 is 1.53 bits per heavy atom. The molecule has 1 saturated heterocycles. The van der Waals surface area contributed by atoms with Gasteiger partial charge in [-0.2, -0.15) is 0 Å². The molecule has 2 rings (SSSR count). The maximum Gasteiger partial charge on any atom is 0.0253 e. The minimum absolute atomic E-state index is 0.371. The standard InChI is InChI=1S/C13H21NS/c1-10(2)13(6-4-7-14-13)9-12-11(3)5-8-15-12/h5,8,10,14H,4,6-7,9H2,1-3H3. The smallest absolute Gasteiger partial charge is 0.0253 e. The highest BCUT2D eigenvalue weighted by molar-refractivity contribution is 7.10. The molecule has 1 aliphatic rings. The van der Waals surface area contributed by atoms with E-state index in [9.17, 15) is 0 Å². The molecule has 15 heavy (non-hydrogen) atoms. The summed E-state index contributed by atoms with van der Waals surface area (Å²) in [6.07, 6.45) is 3.89. The first-order valence-electron chi connectivity index (χ1n) is 5.92. The average Bonchev–Trinajstić information content (AvgIpc) is 2.78. The molecule has 1 aromatic heterocycles. The molecule has 0 aromatic carbocycles. The van der Waals surface area contributed by atoms with Crippen LogP contribution < -0.4 is 5.32 Å². The topological polar surface area (TPSA) is 12.0 Å². The van der Waals surface area contributed by atoms with Crippen LogP contribution in [-0.2, 0) is 6.42 Å². The molecule has 0 aliphatic carbocycles. The van der Waals surface area contributed by atoms with Crippen molar-refractivity contribution in [2.45, 2.75) is 45.6 Å². The Morgan fingerprint density at radius 2 is 2.33 bits per heavy atom. The number of hydrogen-bond donors (Lipinski definition) is 1. The highest BCUT2D eigenvalue weighted by Crippen LogP contribution is 2.33. The van der Waals surface area contributed by atoms with Gasteiger partial charge in [-0.3, -0.25) is 0 Å². The second-order valence-corrected chi connectivity index (χ2v) is 6.05. The van der Waals surface area contributed by atoms with Crippen LogP contribution in [0.15, 0.2) is 11.4 Å². The number of nitrogens with one attached hydrogen (secondary N) is 1. The third-order valence-electron chi connectivity index (χ3n) is 3.83. The molecular weight excluding hydrogens is 202 g/mol. The zero-order chi connectivity index (χ0) is 10.9. The molecule has 1 unspecified atom stereocenters. The van der Waals surface area contributed by atoms with Gasteiger partial charge in [0.05, 0.1) is 0 Å². The largest absolute Gasteiger partial charge is 0.311 e. The molecule has 0 bridgehead atoms. The van der Waals surface area contributed by atoms with Crippen LogP contribution in [0.3, 0.4) is 0 Å². The molecule has 0 saturated carbocycles. The number of thiophene rings is 1. The van der Waals surface area contributed by atoms with Gasteiger partial charge in [-0.25, -0.2) is 0 Å². The molecule has 1 atom stereocenters. The molecule has 1 nitrogen and oxygen atoms in total. The molecule has 2 heteroatoms. The maximum atomic E-state index is 3.74. The van der Waals surface area contributed by atoms with E-state index in [0.717, 1.165) is 5.92 Å². The molecule has 1 fully saturated rings. The van der Waals surface area contributed by atoms with Gasteiger partial charge in [-0.1, -0.05) is 13.8 Å². The molecular formula is C13H21NS. The Balaban J connectivity index is 2.17. The van der Waals surface area contributed by atoms with Crippen LogP contribution in [0.5, 0.6) is 0 Å². The van der Waals surface area contributed by atoms with Crippen LogP contribution in [0.1, 0.15) is 37.1 Å². The van der Waals surface area contributed by atoms with E-state index in [0.29, 0.717) is 5.54 Å². The summed E-state index contributed by atoms with van der Waals surface area (Å²) < 4.78 is 0. The Bertz CT molecular complexity index is 321. The predicted molar refractivity (Wildman–Crippen MR) is 67.6 cm³/mol. The summed E-state index contributed by atoms with van der Waals surface area (Å²) in [5.41, 5.74) is 1.84. The number of aryl methyl sites for hydroxylation is 1. The van der Waals surface area contributed by atoms with Crippen molar-refractivity contribution in [3.05, 3.63) is 21.9 Å². The average molecular weight is 223 g/mol. The highest BCUT2D eigenvalue weighted by Gasteiger charge is 2.36. The molecule has 1 aromatic rings. The first kappa shape index (κ1) is 11.2. The van der Waals surface area contributed by atoms with Crippen molar-refractivity contribution in [2.75, 3.05) is 6.54 Å². The van der Waals surface area contributed by atoms with Gasteiger partial charge in [0, 0.05) is 16.8 Å². The third-order valence-corrected chi connectivity index (χ3v) is 4.85. The van der Waals surface area contributed by atoms with Gasteiger partial charge in [0.25, 0.3) is 0 Å². The van der Waals surface area contributed by atoms with Crippen LogP contribution in [0.2, 0.25) is 0 Å². The van der Waals surface area contributed by atoms with Gasteiger partial charge >= 0.3 is 0 Å². The van der Waals surface area contributed by atoms with Crippen molar-refractivity contribution in [3.63, 3.8) is 0 Å². The van der Waals surface area contributed by atoms with Crippen molar-refractivity contribution in [3.8, 4) is 0 Å². The molecule has 84 valence electrons. The fraction of sp³-hybridized carbons (Fsp3) is 0.692. The summed E-state index contributed by atoms with van der Waals surface area (Å²) in [5.74, 6) is 0.724. The lowest BCUT2D eigenvalue weighted by molar-refractivity contribution is 0.270. The van der Waals surface area contributed by atoms with E-state index in [2.05, 4.69) is 37.5 Å². The van der Waals surface area contributed by atoms with Crippen LogP contribution >= 0.6 is 11.3 Å². The van der Waals surface area contributed by atoms with E-state index in [1.165, 1.54) is 31.4 Å². The van der Waals surface area contributed by atoms with E-state index in [1.807, 2.05) is 11.3 Å². The summed E-state index contributed by atoms with van der Waals surface area (Å²) in [7, 11) is 0. The molecule has 1 aliphatic heterocycles. The fourth-order valence-electron chi connectivity index (χ4n) is 2.55. The lowest BCUT2D eigenvalue weighted by atomic mass is 9.81. The quantitative estimate of drug-likeness (QED) is 0.828. The zero-order valence-corrected chi connectivity index (χ0v) is 10.8. The fourth-order valence-corrected chi connectivity index (χ4v) is 3.58. The molecule has 1 N–H and O–H groups in total. The van der Waals surface area contributed by atoms with E-state index in [-0.39, 0.29) is 0 Å². The molecule has 0 spiro atoms. The van der Waals surface area contributed by atoms with Gasteiger partial charge in [0.2, 0.25) is 0 Å². The lowest BCUT2D eigenvalue weighted by Gasteiger charge is -2.34. The Morgan fingerprint density at radius 3 is 2.80 bits per heavy atom. The normalized spacial score (nSPS) is 26.4. The SMILES string of the molecule is Cc1ccsc1CC1(C(C)C)CCCN1. The van der Waals surface area contributed by atoms with E-state index < -0.39 is 0 Å². The summed E-state index contributed by atoms with van der Waals surface area (Å²) in [5, 5.41) is 5.96. The minimum Gasteiger partial charge on any atom is -0.311 e. The van der Waals surface area contributed by atoms with Crippen molar-refractivity contribution >= 4 is 11.3 Å². The van der Waals surface area contributed by atoms with Gasteiger partial charge in [-0.05, 0) is 49.2 Å². The summed E-state index contributed by atoms with van der Waals surface area (Å²) in [6, 6.07) is 2.24. The molecule has 0 radical (unpaired) electrons. The Labute approximate surface area is 96.9 Å². The molecule has 0 amide bonds. The summed E-state index contributed by atoms with van der Waals surface area (Å²) >= 11 is 1.91. The van der Waals surface area contributed by atoms with E-state index >= 15 is 0 Å². The molecule has 2 heterocycles. The van der Waals surface area contributed by atoms with Crippen molar-refractivity contribution < 1.29 is 0 Å². The second kappa shape index (κ2) is 4.26. The predicted octanol–water partition coefficient (Wildman–Crippen LogP) is 3.38. The van der Waals surface area contributed by atoms with Crippen LogP contribution in [0.25, 0.3) is 0 Å². The first-order valence-corrected chi connectivity index (χ1v) is 6.80. The Hall–Kier alpha value is -0.340. The van der Waals surface area contributed by atoms with Crippen molar-refractivity contribution in [1.29, 1.82) is 0 Å². The Kier molecular flexibility index (Phi) is 3.17. The van der Waals surface area contributed by atoms with Gasteiger partial charge < -0.3 is 5.32 Å². The van der Waals surface area contributed by atoms with E-state index in [4.69, 9.17) is 0 Å². The minimum atomic E-state index is 0.371. The summed E-state index contributed by atoms with van der Waals surface area (Å²) in [6.45, 7) is 8.12. The second-order valence-electron chi connectivity index (χ2n) is 5.04. The highest BCUT2D eigenvalue weighted by atomic mass is 32.1.